The van der Waals surface area contributed by atoms with Crippen LogP contribution in [0.3, 0.4) is 0 Å². The van der Waals surface area contributed by atoms with Crippen LogP contribution in [0.5, 0.6) is 0 Å². The van der Waals surface area contributed by atoms with Gasteiger partial charge in [0, 0.05) is 10.7 Å². The molecule has 1 aliphatic rings. The second kappa shape index (κ2) is 5.55. The van der Waals surface area contributed by atoms with Gasteiger partial charge in [0.1, 0.15) is 6.04 Å². The van der Waals surface area contributed by atoms with Crippen LogP contribution in [0.1, 0.15) is 18.9 Å². The first-order chi connectivity index (χ1) is 9.74. The van der Waals surface area contributed by atoms with Crippen molar-refractivity contribution in [2.45, 2.75) is 25.6 Å². The number of alkyl halides is 3. The van der Waals surface area contributed by atoms with Gasteiger partial charge in [-0.05, 0) is 24.6 Å². The second-order valence-corrected chi connectivity index (χ2v) is 5.04. The molecule has 1 unspecified atom stereocenters. The van der Waals surface area contributed by atoms with Gasteiger partial charge in [0.2, 0.25) is 11.8 Å². The first-order valence-electron chi connectivity index (χ1n) is 6.21. The fourth-order valence-electron chi connectivity index (χ4n) is 2.23. The number of piperazine rings is 1. The average Bonchev–Trinajstić information content (AvgIpc) is 2.39. The zero-order valence-electron chi connectivity index (χ0n) is 11.0. The number of rotatable bonds is 2. The van der Waals surface area contributed by atoms with Crippen molar-refractivity contribution >= 4 is 29.1 Å². The minimum atomic E-state index is -4.58. The summed E-state index contributed by atoms with van der Waals surface area (Å²) in [6.45, 7) is 1.42. The molecule has 2 rings (SSSR count). The van der Waals surface area contributed by atoms with E-state index in [0.29, 0.717) is 0 Å². The number of nitrogens with zero attached hydrogens (tertiary/aromatic N) is 1. The molecule has 1 aromatic rings. The van der Waals surface area contributed by atoms with Crippen LogP contribution >= 0.6 is 11.6 Å². The minimum Gasteiger partial charge on any atom is -0.345 e. The Morgan fingerprint density at radius 2 is 2.00 bits per heavy atom. The van der Waals surface area contributed by atoms with Crippen molar-refractivity contribution in [2.24, 2.45) is 0 Å². The monoisotopic (exact) mass is 320 g/mol. The molecule has 1 heterocycles. The fraction of sp³-hybridized carbons (Fsp3) is 0.385. The Labute approximate surface area is 123 Å². The molecular weight excluding hydrogens is 309 g/mol. The second-order valence-electron chi connectivity index (χ2n) is 4.60. The van der Waals surface area contributed by atoms with Crippen molar-refractivity contribution in [3.05, 3.63) is 28.8 Å². The number of carbonyl (C=O) groups excluding carboxylic acids is 2. The molecule has 0 aromatic heterocycles. The summed E-state index contributed by atoms with van der Waals surface area (Å²) in [6.07, 6.45) is -4.30. The highest BCUT2D eigenvalue weighted by Crippen LogP contribution is 2.35. The molecule has 1 aliphatic heterocycles. The lowest BCUT2D eigenvalue weighted by Gasteiger charge is -2.34. The summed E-state index contributed by atoms with van der Waals surface area (Å²) in [4.78, 5) is 24.8. The van der Waals surface area contributed by atoms with Crippen LogP contribution in [-0.4, -0.2) is 24.4 Å². The standard InChI is InChI=1S/C13H12ClF3N2O2/c1-2-10-12(21)18-6-11(20)19(10)9-4-7(13(15,16)17)3-8(14)5-9/h3-5,10H,2,6H2,1H3,(H,18,21). The summed E-state index contributed by atoms with van der Waals surface area (Å²) in [5, 5.41) is 2.26. The van der Waals surface area contributed by atoms with E-state index in [1.807, 2.05) is 0 Å². The van der Waals surface area contributed by atoms with Crippen LogP contribution in [0.15, 0.2) is 18.2 Å². The average molecular weight is 321 g/mol. The zero-order chi connectivity index (χ0) is 15.8. The van der Waals surface area contributed by atoms with Crippen LogP contribution in [0.25, 0.3) is 0 Å². The van der Waals surface area contributed by atoms with Crippen LogP contribution in [0.2, 0.25) is 5.02 Å². The number of benzene rings is 1. The summed E-state index contributed by atoms with van der Waals surface area (Å²) in [6, 6.07) is 2.01. The fourth-order valence-corrected chi connectivity index (χ4v) is 2.45. The summed E-state index contributed by atoms with van der Waals surface area (Å²) >= 11 is 5.71. The largest absolute Gasteiger partial charge is 0.416 e. The van der Waals surface area contributed by atoms with E-state index in [1.165, 1.54) is 6.07 Å². The number of nitrogens with one attached hydrogen (secondary N) is 1. The first kappa shape index (κ1) is 15.6. The minimum absolute atomic E-state index is 0.0264. The summed E-state index contributed by atoms with van der Waals surface area (Å²) in [5.41, 5.74) is -0.986. The quantitative estimate of drug-likeness (QED) is 0.910. The van der Waals surface area contributed by atoms with E-state index in [-0.39, 0.29) is 23.7 Å². The van der Waals surface area contributed by atoms with Gasteiger partial charge < -0.3 is 5.32 Å². The van der Waals surface area contributed by atoms with Crippen molar-refractivity contribution < 1.29 is 22.8 Å². The van der Waals surface area contributed by atoms with Gasteiger partial charge in [-0.15, -0.1) is 0 Å². The maximum absolute atomic E-state index is 12.8. The van der Waals surface area contributed by atoms with Gasteiger partial charge in [-0.25, -0.2) is 0 Å². The Morgan fingerprint density at radius 3 is 2.57 bits per heavy atom. The number of anilines is 1. The van der Waals surface area contributed by atoms with Crippen molar-refractivity contribution in [1.29, 1.82) is 0 Å². The summed E-state index contributed by atoms with van der Waals surface area (Å²) < 4.78 is 38.5. The zero-order valence-corrected chi connectivity index (χ0v) is 11.8. The Balaban J connectivity index is 2.50. The predicted molar refractivity (Wildman–Crippen MR) is 71.0 cm³/mol. The number of carbonyl (C=O) groups is 2. The molecule has 1 aromatic carbocycles. The Morgan fingerprint density at radius 1 is 1.33 bits per heavy atom. The Kier molecular flexibility index (Phi) is 4.13. The molecule has 0 saturated carbocycles. The topological polar surface area (TPSA) is 49.4 Å². The molecule has 1 atom stereocenters. The molecule has 1 fully saturated rings. The highest BCUT2D eigenvalue weighted by atomic mass is 35.5. The normalized spacial score (nSPS) is 19.7. The van der Waals surface area contributed by atoms with Crippen molar-refractivity contribution in [3.63, 3.8) is 0 Å². The molecule has 0 aliphatic carbocycles. The molecule has 4 nitrogen and oxygen atoms in total. The lowest BCUT2D eigenvalue weighted by atomic mass is 10.1. The van der Waals surface area contributed by atoms with Gasteiger partial charge in [-0.1, -0.05) is 18.5 Å². The number of hydrogen-bond acceptors (Lipinski definition) is 2. The molecule has 2 amide bonds. The van der Waals surface area contributed by atoms with E-state index >= 15 is 0 Å². The number of amides is 2. The lowest BCUT2D eigenvalue weighted by molar-refractivity contribution is -0.137. The van der Waals surface area contributed by atoms with Crippen molar-refractivity contribution in [1.82, 2.24) is 5.32 Å². The molecule has 0 bridgehead atoms. The lowest BCUT2D eigenvalue weighted by Crippen LogP contribution is -2.58. The number of halogens is 4. The molecule has 0 radical (unpaired) electrons. The van der Waals surface area contributed by atoms with Crippen molar-refractivity contribution in [3.8, 4) is 0 Å². The van der Waals surface area contributed by atoms with Gasteiger partial charge >= 0.3 is 6.18 Å². The predicted octanol–water partition coefficient (Wildman–Crippen LogP) is 2.60. The van der Waals surface area contributed by atoms with E-state index in [9.17, 15) is 22.8 Å². The van der Waals surface area contributed by atoms with E-state index in [0.717, 1.165) is 17.0 Å². The van der Waals surface area contributed by atoms with Gasteiger partial charge in [-0.2, -0.15) is 13.2 Å². The van der Waals surface area contributed by atoms with Gasteiger partial charge in [-0.3, -0.25) is 14.5 Å². The third kappa shape index (κ3) is 3.12. The van der Waals surface area contributed by atoms with E-state index in [2.05, 4.69) is 5.32 Å². The third-order valence-electron chi connectivity index (χ3n) is 3.17. The van der Waals surface area contributed by atoms with Crippen LogP contribution in [0, 0.1) is 0 Å². The molecule has 0 spiro atoms. The molecule has 1 saturated heterocycles. The third-order valence-corrected chi connectivity index (χ3v) is 3.39. The summed E-state index contributed by atoms with van der Waals surface area (Å²) in [7, 11) is 0. The Hall–Kier alpha value is -1.76. The maximum atomic E-state index is 12.8. The van der Waals surface area contributed by atoms with E-state index < -0.39 is 29.6 Å². The van der Waals surface area contributed by atoms with Gasteiger partial charge in [0.15, 0.2) is 0 Å². The van der Waals surface area contributed by atoms with Crippen LogP contribution in [-0.2, 0) is 15.8 Å². The van der Waals surface area contributed by atoms with E-state index in [1.54, 1.807) is 6.92 Å². The van der Waals surface area contributed by atoms with Crippen LogP contribution in [0.4, 0.5) is 18.9 Å². The molecule has 8 heteroatoms. The smallest absolute Gasteiger partial charge is 0.345 e. The maximum Gasteiger partial charge on any atom is 0.416 e. The Bertz CT molecular complexity index is 589. The van der Waals surface area contributed by atoms with Gasteiger partial charge in [0.05, 0.1) is 12.1 Å². The molecular formula is C13H12ClF3N2O2. The number of hydrogen-bond donors (Lipinski definition) is 1. The summed E-state index contributed by atoms with van der Waals surface area (Å²) in [5.74, 6) is -0.873. The molecule has 21 heavy (non-hydrogen) atoms. The molecule has 1 N–H and O–H groups in total. The van der Waals surface area contributed by atoms with Gasteiger partial charge in [0.25, 0.3) is 0 Å². The van der Waals surface area contributed by atoms with Crippen molar-refractivity contribution in [2.75, 3.05) is 11.4 Å². The highest BCUT2D eigenvalue weighted by Gasteiger charge is 2.37. The SMILES string of the molecule is CCC1C(=O)NCC(=O)N1c1cc(Cl)cc(C(F)(F)F)c1. The first-order valence-corrected chi connectivity index (χ1v) is 6.59. The highest BCUT2D eigenvalue weighted by molar-refractivity contribution is 6.31. The van der Waals surface area contributed by atoms with Crippen LogP contribution < -0.4 is 10.2 Å². The van der Waals surface area contributed by atoms with E-state index in [4.69, 9.17) is 11.6 Å². The molecule has 114 valence electrons.